The molecule has 0 radical (unpaired) electrons. The summed E-state index contributed by atoms with van der Waals surface area (Å²) in [7, 11) is 0. The summed E-state index contributed by atoms with van der Waals surface area (Å²) < 4.78 is 0. The Labute approximate surface area is 148 Å². The minimum absolute atomic E-state index is 0.0804. The van der Waals surface area contributed by atoms with Gasteiger partial charge in [-0.25, -0.2) is 9.97 Å². The van der Waals surface area contributed by atoms with E-state index in [4.69, 9.17) is 0 Å². The van der Waals surface area contributed by atoms with Crippen molar-refractivity contribution in [1.82, 2.24) is 20.2 Å². The standard InChI is InChI=1S/C18H25N5O2/c1-14(15-3-4-15)13-16(24)19-8-5-17(25)22-9-11-23(12-10-22)18-20-6-2-7-21-18/h2,6-7,13,15H,3-5,8-12H2,1H3,(H,19,24)/b14-13-. The molecule has 3 rings (SSSR count). The molecular formula is C18H25N5O2. The second kappa shape index (κ2) is 8.09. The van der Waals surface area contributed by atoms with Crippen molar-refractivity contribution in [3.8, 4) is 0 Å². The van der Waals surface area contributed by atoms with Gasteiger partial charge in [0.2, 0.25) is 17.8 Å². The number of hydrogen-bond donors (Lipinski definition) is 1. The Morgan fingerprint density at radius 2 is 1.88 bits per heavy atom. The smallest absolute Gasteiger partial charge is 0.243 e. The van der Waals surface area contributed by atoms with E-state index in [9.17, 15) is 9.59 Å². The van der Waals surface area contributed by atoms with Crippen molar-refractivity contribution in [3.63, 3.8) is 0 Å². The van der Waals surface area contributed by atoms with Gasteiger partial charge in [-0.15, -0.1) is 0 Å². The van der Waals surface area contributed by atoms with E-state index in [1.165, 1.54) is 12.8 Å². The lowest BCUT2D eigenvalue weighted by Crippen LogP contribution is -2.49. The summed E-state index contributed by atoms with van der Waals surface area (Å²) >= 11 is 0. The molecule has 1 aliphatic carbocycles. The molecule has 1 aliphatic heterocycles. The van der Waals surface area contributed by atoms with Crippen LogP contribution in [0.5, 0.6) is 0 Å². The van der Waals surface area contributed by atoms with E-state index in [1.807, 2.05) is 11.8 Å². The molecule has 0 unspecified atom stereocenters. The zero-order valence-electron chi connectivity index (χ0n) is 14.6. The Kier molecular flexibility index (Phi) is 5.63. The van der Waals surface area contributed by atoms with Crippen LogP contribution in [0.1, 0.15) is 26.2 Å². The van der Waals surface area contributed by atoms with E-state index < -0.39 is 0 Å². The number of piperazine rings is 1. The Morgan fingerprint density at radius 1 is 1.20 bits per heavy atom. The SMILES string of the molecule is C/C(=C/C(=O)NCCC(=O)N1CCN(c2ncccn2)CC1)C1CC1. The molecule has 0 atom stereocenters. The monoisotopic (exact) mass is 343 g/mol. The van der Waals surface area contributed by atoms with Gasteiger partial charge in [0.25, 0.3) is 0 Å². The highest BCUT2D eigenvalue weighted by molar-refractivity contribution is 5.88. The van der Waals surface area contributed by atoms with E-state index in [1.54, 1.807) is 24.5 Å². The van der Waals surface area contributed by atoms with E-state index in [2.05, 4.69) is 20.2 Å². The van der Waals surface area contributed by atoms with Crippen LogP contribution in [0.2, 0.25) is 0 Å². The highest BCUT2D eigenvalue weighted by Gasteiger charge is 2.24. The van der Waals surface area contributed by atoms with Crippen molar-refractivity contribution < 1.29 is 9.59 Å². The number of amides is 2. The second-order valence-corrected chi connectivity index (χ2v) is 6.62. The third kappa shape index (κ3) is 5.01. The Bertz CT molecular complexity index is 634. The molecule has 0 bridgehead atoms. The first-order chi connectivity index (χ1) is 12.1. The largest absolute Gasteiger partial charge is 0.352 e. The van der Waals surface area contributed by atoms with Crippen molar-refractivity contribution in [2.45, 2.75) is 26.2 Å². The summed E-state index contributed by atoms with van der Waals surface area (Å²) in [6, 6.07) is 1.79. The summed E-state index contributed by atoms with van der Waals surface area (Å²) in [5.74, 6) is 1.29. The topological polar surface area (TPSA) is 78.4 Å². The molecule has 25 heavy (non-hydrogen) atoms. The fraction of sp³-hybridized carbons (Fsp3) is 0.556. The first-order valence-electron chi connectivity index (χ1n) is 8.89. The number of anilines is 1. The Balaban J connectivity index is 1.36. The lowest BCUT2D eigenvalue weighted by atomic mass is 10.2. The van der Waals surface area contributed by atoms with Crippen molar-refractivity contribution in [1.29, 1.82) is 0 Å². The van der Waals surface area contributed by atoms with Gasteiger partial charge in [0, 0.05) is 57.6 Å². The van der Waals surface area contributed by atoms with Crippen molar-refractivity contribution in [2.24, 2.45) is 5.92 Å². The Hall–Kier alpha value is -2.44. The third-order valence-electron chi connectivity index (χ3n) is 4.69. The highest BCUT2D eigenvalue weighted by Crippen LogP contribution is 2.35. The molecule has 0 spiro atoms. The first-order valence-corrected chi connectivity index (χ1v) is 8.89. The first kappa shape index (κ1) is 17.4. The summed E-state index contributed by atoms with van der Waals surface area (Å²) in [6.45, 7) is 5.15. The predicted molar refractivity (Wildman–Crippen MR) is 94.9 cm³/mol. The number of carbonyl (C=O) groups excluding carboxylic acids is 2. The molecule has 1 aromatic heterocycles. The van der Waals surface area contributed by atoms with Gasteiger partial charge in [-0.1, -0.05) is 5.57 Å². The molecule has 2 heterocycles. The number of nitrogens with zero attached hydrogens (tertiary/aromatic N) is 4. The van der Waals surface area contributed by atoms with Gasteiger partial charge in [-0.05, 0) is 31.7 Å². The zero-order chi connectivity index (χ0) is 17.6. The summed E-state index contributed by atoms with van der Waals surface area (Å²) in [4.78, 5) is 36.5. The second-order valence-electron chi connectivity index (χ2n) is 6.62. The molecule has 1 saturated carbocycles. The van der Waals surface area contributed by atoms with Crippen LogP contribution in [0, 0.1) is 5.92 Å². The molecule has 2 amide bonds. The minimum atomic E-state index is -0.0942. The summed E-state index contributed by atoms with van der Waals surface area (Å²) in [6.07, 6.45) is 7.83. The summed E-state index contributed by atoms with van der Waals surface area (Å²) in [5.41, 5.74) is 1.14. The van der Waals surface area contributed by atoms with Crippen molar-refractivity contribution >= 4 is 17.8 Å². The maximum absolute atomic E-state index is 12.3. The molecule has 1 aromatic rings. The third-order valence-corrected chi connectivity index (χ3v) is 4.69. The number of aromatic nitrogens is 2. The van der Waals surface area contributed by atoms with Crippen molar-refractivity contribution in [3.05, 3.63) is 30.1 Å². The van der Waals surface area contributed by atoms with Gasteiger partial charge in [0.05, 0.1) is 0 Å². The number of rotatable bonds is 6. The number of allylic oxidation sites excluding steroid dienone is 1. The molecule has 1 saturated heterocycles. The van der Waals surface area contributed by atoms with E-state index >= 15 is 0 Å². The lowest BCUT2D eigenvalue weighted by Gasteiger charge is -2.34. The average molecular weight is 343 g/mol. The molecule has 7 heteroatoms. The van der Waals surface area contributed by atoms with Gasteiger partial charge in [-0.3, -0.25) is 9.59 Å². The fourth-order valence-corrected chi connectivity index (χ4v) is 2.98. The van der Waals surface area contributed by atoms with E-state index in [-0.39, 0.29) is 11.8 Å². The van der Waals surface area contributed by atoms with Crippen LogP contribution in [-0.2, 0) is 9.59 Å². The predicted octanol–water partition coefficient (Wildman–Crippen LogP) is 0.988. The van der Waals surface area contributed by atoms with Gasteiger partial charge < -0.3 is 15.1 Å². The van der Waals surface area contributed by atoms with Gasteiger partial charge in [0.15, 0.2) is 0 Å². The van der Waals surface area contributed by atoms with Crippen LogP contribution in [0.25, 0.3) is 0 Å². The molecule has 1 N–H and O–H groups in total. The number of nitrogens with one attached hydrogen (secondary N) is 1. The number of hydrogen-bond acceptors (Lipinski definition) is 5. The molecule has 2 aliphatic rings. The van der Waals surface area contributed by atoms with Gasteiger partial charge in [0.1, 0.15) is 0 Å². The maximum atomic E-state index is 12.3. The maximum Gasteiger partial charge on any atom is 0.243 e. The summed E-state index contributed by atoms with van der Waals surface area (Å²) in [5, 5.41) is 2.81. The molecule has 134 valence electrons. The van der Waals surface area contributed by atoms with Crippen LogP contribution >= 0.6 is 0 Å². The molecular weight excluding hydrogens is 318 g/mol. The average Bonchev–Trinajstić information content (AvgIpc) is 3.48. The quantitative estimate of drug-likeness (QED) is 0.779. The lowest BCUT2D eigenvalue weighted by molar-refractivity contribution is -0.131. The molecule has 7 nitrogen and oxygen atoms in total. The minimum Gasteiger partial charge on any atom is -0.352 e. The van der Waals surface area contributed by atoms with Crippen LogP contribution in [-0.4, -0.2) is 59.4 Å². The zero-order valence-corrected chi connectivity index (χ0v) is 14.6. The van der Waals surface area contributed by atoms with Crippen LogP contribution in [0.3, 0.4) is 0 Å². The Morgan fingerprint density at radius 3 is 2.52 bits per heavy atom. The molecule has 2 fully saturated rings. The van der Waals surface area contributed by atoms with Gasteiger partial charge >= 0.3 is 0 Å². The molecule has 0 aromatic carbocycles. The number of carbonyl (C=O) groups is 2. The van der Waals surface area contributed by atoms with Crippen LogP contribution in [0.15, 0.2) is 30.1 Å². The van der Waals surface area contributed by atoms with Crippen LogP contribution < -0.4 is 10.2 Å². The van der Waals surface area contributed by atoms with Gasteiger partial charge in [-0.2, -0.15) is 0 Å². The van der Waals surface area contributed by atoms with Crippen molar-refractivity contribution in [2.75, 3.05) is 37.6 Å². The van der Waals surface area contributed by atoms with Crippen LogP contribution in [0.4, 0.5) is 5.95 Å². The highest BCUT2D eigenvalue weighted by atomic mass is 16.2. The normalized spacial score (nSPS) is 18.2. The van der Waals surface area contributed by atoms with E-state index in [0.717, 1.165) is 18.7 Å². The fourth-order valence-electron chi connectivity index (χ4n) is 2.98. The van der Waals surface area contributed by atoms with E-state index in [0.29, 0.717) is 37.9 Å².